The van der Waals surface area contributed by atoms with Crippen LogP contribution in [0.25, 0.3) is 10.9 Å². The second-order valence-corrected chi connectivity index (χ2v) is 8.32. The lowest BCUT2D eigenvalue weighted by atomic mass is 9.92. The molecule has 0 saturated carbocycles. The number of anilines is 1. The SMILES string of the molecule is O=C(c1cc2cccc(F)c2[nH]1)N1CCC[C@@]2(CC1)CN(c1ccccc1)C(=O)CO2. The Morgan fingerprint density at radius 2 is 1.90 bits per heavy atom. The second-order valence-electron chi connectivity index (χ2n) is 8.32. The molecule has 5 rings (SSSR count). The maximum absolute atomic E-state index is 14.0. The van der Waals surface area contributed by atoms with Gasteiger partial charge in [0.1, 0.15) is 18.1 Å². The largest absolute Gasteiger partial charge is 0.363 e. The minimum Gasteiger partial charge on any atom is -0.363 e. The van der Waals surface area contributed by atoms with E-state index in [-0.39, 0.29) is 24.2 Å². The van der Waals surface area contributed by atoms with Crippen molar-refractivity contribution in [2.75, 3.05) is 31.1 Å². The van der Waals surface area contributed by atoms with Crippen LogP contribution in [0, 0.1) is 5.82 Å². The highest BCUT2D eigenvalue weighted by Crippen LogP contribution is 2.33. The van der Waals surface area contributed by atoms with E-state index in [1.165, 1.54) is 6.07 Å². The number of hydrogen-bond donors (Lipinski definition) is 1. The molecule has 1 aromatic heterocycles. The van der Waals surface area contributed by atoms with Gasteiger partial charge in [0.05, 0.1) is 17.7 Å². The number of carbonyl (C=O) groups is 2. The number of hydrogen-bond acceptors (Lipinski definition) is 3. The molecule has 2 aliphatic rings. The number of likely N-dealkylation sites (tertiary alicyclic amines) is 1. The first kappa shape index (κ1) is 19.8. The van der Waals surface area contributed by atoms with Gasteiger partial charge in [-0.2, -0.15) is 0 Å². The highest BCUT2D eigenvalue weighted by molar-refractivity contribution is 5.98. The number of rotatable bonds is 2. The fraction of sp³-hybridized carbons (Fsp3) is 0.333. The molecule has 2 amide bonds. The number of nitrogens with one attached hydrogen (secondary N) is 1. The van der Waals surface area contributed by atoms with Crippen LogP contribution in [0.3, 0.4) is 0 Å². The molecule has 0 unspecified atom stereocenters. The van der Waals surface area contributed by atoms with E-state index in [9.17, 15) is 14.0 Å². The van der Waals surface area contributed by atoms with Crippen molar-refractivity contribution in [3.05, 3.63) is 66.1 Å². The second kappa shape index (κ2) is 7.81. The highest BCUT2D eigenvalue weighted by atomic mass is 19.1. The molecular weight excluding hydrogens is 397 g/mol. The van der Waals surface area contributed by atoms with E-state index < -0.39 is 5.60 Å². The molecule has 3 heterocycles. The number of fused-ring (bicyclic) bond motifs is 1. The molecule has 2 fully saturated rings. The molecule has 6 nitrogen and oxygen atoms in total. The molecule has 2 aliphatic heterocycles. The summed E-state index contributed by atoms with van der Waals surface area (Å²) in [7, 11) is 0. The molecule has 1 N–H and O–H groups in total. The van der Waals surface area contributed by atoms with Crippen LogP contribution < -0.4 is 4.90 Å². The Bertz CT molecular complexity index is 1130. The van der Waals surface area contributed by atoms with E-state index >= 15 is 0 Å². The molecule has 160 valence electrons. The number of halogens is 1. The first-order chi connectivity index (χ1) is 15.0. The van der Waals surface area contributed by atoms with Crippen LogP contribution in [-0.4, -0.2) is 53.5 Å². The first-order valence-electron chi connectivity index (χ1n) is 10.6. The van der Waals surface area contributed by atoms with Gasteiger partial charge in [-0.15, -0.1) is 0 Å². The number of ether oxygens (including phenoxy) is 1. The quantitative estimate of drug-likeness (QED) is 0.686. The summed E-state index contributed by atoms with van der Waals surface area (Å²) in [6, 6.07) is 16.1. The number of morpholine rings is 1. The molecule has 3 aromatic rings. The number of amides is 2. The number of H-pyrrole nitrogens is 1. The van der Waals surface area contributed by atoms with E-state index in [0.29, 0.717) is 42.7 Å². The molecule has 2 aromatic carbocycles. The summed E-state index contributed by atoms with van der Waals surface area (Å²) in [4.78, 5) is 32.1. The van der Waals surface area contributed by atoms with Gasteiger partial charge in [-0.25, -0.2) is 4.39 Å². The van der Waals surface area contributed by atoms with Gasteiger partial charge < -0.3 is 19.5 Å². The third-order valence-electron chi connectivity index (χ3n) is 6.34. The first-order valence-corrected chi connectivity index (χ1v) is 10.6. The van der Waals surface area contributed by atoms with Crippen molar-refractivity contribution in [3.63, 3.8) is 0 Å². The average Bonchev–Trinajstić information content (AvgIpc) is 3.13. The van der Waals surface area contributed by atoms with Gasteiger partial charge in [-0.3, -0.25) is 9.59 Å². The maximum Gasteiger partial charge on any atom is 0.270 e. The molecule has 0 aliphatic carbocycles. The van der Waals surface area contributed by atoms with Crippen LogP contribution in [0.4, 0.5) is 10.1 Å². The minimum atomic E-state index is -0.467. The Balaban J connectivity index is 1.33. The van der Waals surface area contributed by atoms with E-state index in [1.54, 1.807) is 28.0 Å². The fourth-order valence-electron chi connectivity index (χ4n) is 4.64. The van der Waals surface area contributed by atoms with Gasteiger partial charge in [0.2, 0.25) is 0 Å². The van der Waals surface area contributed by atoms with Crippen LogP contribution in [0.1, 0.15) is 29.8 Å². The summed E-state index contributed by atoms with van der Waals surface area (Å²) in [6.07, 6.45) is 2.19. The smallest absolute Gasteiger partial charge is 0.270 e. The molecule has 2 saturated heterocycles. The van der Waals surface area contributed by atoms with Crippen molar-refractivity contribution in [2.24, 2.45) is 0 Å². The van der Waals surface area contributed by atoms with E-state index in [4.69, 9.17) is 4.74 Å². The van der Waals surface area contributed by atoms with Gasteiger partial charge >= 0.3 is 0 Å². The summed E-state index contributed by atoms with van der Waals surface area (Å²) in [5.41, 5.74) is 1.14. The summed E-state index contributed by atoms with van der Waals surface area (Å²) in [5.74, 6) is -0.554. The van der Waals surface area contributed by atoms with Gasteiger partial charge in [-0.1, -0.05) is 30.3 Å². The van der Waals surface area contributed by atoms with Crippen molar-refractivity contribution in [1.82, 2.24) is 9.88 Å². The topological polar surface area (TPSA) is 65.6 Å². The van der Waals surface area contributed by atoms with Gasteiger partial charge in [-0.05, 0) is 43.5 Å². The Morgan fingerprint density at radius 3 is 2.71 bits per heavy atom. The fourth-order valence-corrected chi connectivity index (χ4v) is 4.64. The molecule has 7 heteroatoms. The minimum absolute atomic E-state index is 0.0458. The predicted octanol–water partition coefficient (Wildman–Crippen LogP) is 3.74. The molecule has 31 heavy (non-hydrogen) atoms. The van der Waals surface area contributed by atoms with Crippen LogP contribution >= 0.6 is 0 Å². The zero-order valence-electron chi connectivity index (χ0n) is 17.1. The highest BCUT2D eigenvalue weighted by Gasteiger charge is 2.42. The number of aromatic amines is 1. The lowest BCUT2D eigenvalue weighted by molar-refractivity contribution is -0.140. The number of carbonyl (C=O) groups excluding carboxylic acids is 2. The maximum atomic E-state index is 14.0. The third kappa shape index (κ3) is 3.70. The Hall–Kier alpha value is -3.19. The van der Waals surface area contributed by atoms with Crippen molar-refractivity contribution in [1.29, 1.82) is 0 Å². The van der Waals surface area contributed by atoms with Crippen molar-refractivity contribution in [3.8, 4) is 0 Å². The lowest BCUT2D eigenvalue weighted by Gasteiger charge is -2.42. The Kier molecular flexibility index (Phi) is 4.98. The Morgan fingerprint density at radius 1 is 1.06 bits per heavy atom. The van der Waals surface area contributed by atoms with Gasteiger partial charge in [0.15, 0.2) is 0 Å². The van der Waals surface area contributed by atoms with E-state index in [1.807, 2.05) is 30.3 Å². The van der Waals surface area contributed by atoms with Crippen molar-refractivity contribution >= 4 is 28.4 Å². The summed E-state index contributed by atoms with van der Waals surface area (Å²) in [5, 5.41) is 0.683. The number of benzene rings is 2. The zero-order valence-corrected chi connectivity index (χ0v) is 17.1. The predicted molar refractivity (Wildman–Crippen MR) is 115 cm³/mol. The summed E-state index contributed by atoms with van der Waals surface area (Å²) in [6.45, 7) is 1.65. The van der Waals surface area contributed by atoms with Crippen molar-refractivity contribution in [2.45, 2.75) is 24.9 Å². The number of aromatic nitrogens is 1. The molecule has 1 spiro atoms. The summed E-state index contributed by atoms with van der Waals surface area (Å²) >= 11 is 0. The van der Waals surface area contributed by atoms with E-state index in [0.717, 1.165) is 18.5 Å². The van der Waals surface area contributed by atoms with Crippen LogP contribution in [0.5, 0.6) is 0 Å². The number of nitrogens with zero attached hydrogens (tertiary/aromatic N) is 2. The third-order valence-corrected chi connectivity index (χ3v) is 6.34. The monoisotopic (exact) mass is 421 g/mol. The average molecular weight is 421 g/mol. The van der Waals surface area contributed by atoms with Crippen molar-refractivity contribution < 1.29 is 18.7 Å². The van der Waals surface area contributed by atoms with Gasteiger partial charge in [0, 0.05) is 24.2 Å². The van der Waals surface area contributed by atoms with Crippen LogP contribution in [-0.2, 0) is 9.53 Å². The van der Waals surface area contributed by atoms with Gasteiger partial charge in [0.25, 0.3) is 11.8 Å². The Labute approximate surface area is 179 Å². The molecule has 1 atom stereocenters. The summed E-state index contributed by atoms with van der Waals surface area (Å²) < 4.78 is 20.1. The zero-order chi connectivity index (χ0) is 21.4. The van der Waals surface area contributed by atoms with Crippen LogP contribution in [0.15, 0.2) is 54.6 Å². The van der Waals surface area contributed by atoms with E-state index in [2.05, 4.69) is 4.98 Å². The molecular formula is C24H24FN3O3. The normalized spacial score (nSPS) is 22.2. The molecule has 0 bridgehead atoms. The standard InChI is InChI=1S/C24H24FN3O3/c25-19-9-4-6-17-14-20(26-22(17)19)23(30)27-12-5-10-24(11-13-27)16-28(21(29)15-31-24)18-7-2-1-3-8-18/h1-4,6-9,14,26H,5,10-13,15-16H2/t24-/m1/s1. The number of para-hydroxylation sites is 2. The van der Waals surface area contributed by atoms with Crippen LogP contribution in [0.2, 0.25) is 0 Å². The molecule has 0 radical (unpaired) electrons. The lowest BCUT2D eigenvalue weighted by Crippen LogP contribution is -2.55.